The average Bonchev–Trinajstić information content (AvgIpc) is 2.20. The zero-order chi connectivity index (χ0) is 9.97. The van der Waals surface area contributed by atoms with Gasteiger partial charge in [-0.3, -0.25) is 9.97 Å². The Morgan fingerprint density at radius 1 is 1.14 bits per heavy atom. The van der Waals surface area contributed by atoms with Crippen molar-refractivity contribution >= 4 is 5.69 Å². The highest BCUT2D eigenvalue weighted by Crippen LogP contribution is 2.19. The van der Waals surface area contributed by atoms with Crippen molar-refractivity contribution in [3.05, 3.63) is 42.6 Å². The van der Waals surface area contributed by atoms with Gasteiger partial charge in [-0.05, 0) is 18.2 Å². The van der Waals surface area contributed by atoms with Crippen molar-refractivity contribution in [2.24, 2.45) is 0 Å². The molecular weight excluding hydrogens is 181 g/mol. The first-order valence-electron chi connectivity index (χ1n) is 4.09. The van der Waals surface area contributed by atoms with Crippen LogP contribution in [0.15, 0.2) is 36.8 Å². The molecule has 0 radical (unpaired) electrons. The predicted octanol–water partition coefficient (Wildman–Crippen LogP) is 1.86. The molecule has 0 spiro atoms. The molecule has 2 N–H and O–H groups in total. The first kappa shape index (κ1) is 8.62. The molecule has 0 aliphatic rings. The van der Waals surface area contributed by atoms with E-state index in [1.807, 2.05) is 0 Å². The molecule has 0 aromatic carbocycles. The molecule has 2 heterocycles. The summed E-state index contributed by atoms with van der Waals surface area (Å²) in [6.45, 7) is 0. The maximum absolute atomic E-state index is 13.2. The summed E-state index contributed by atoms with van der Waals surface area (Å²) < 4.78 is 13.2. The summed E-state index contributed by atoms with van der Waals surface area (Å²) in [7, 11) is 0. The van der Waals surface area contributed by atoms with E-state index in [0.717, 1.165) is 6.20 Å². The van der Waals surface area contributed by atoms with Crippen LogP contribution in [0.2, 0.25) is 0 Å². The van der Waals surface area contributed by atoms with Gasteiger partial charge in [0.1, 0.15) is 0 Å². The fraction of sp³-hybridized carbons (Fsp3) is 0. The molecule has 4 heteroatoms. The van der Waals surface area contributed by atoms with Gasteiger partial charge in [-0.15, -0.1) is 0 Å². The Balaban J connectivity index is 2.50. The van der Waals surface area contributed by atoms with E-state index < -0.39 is 0 Å². The largest absolute Gasteiger partial charge is 0.397 e. The van der Waals surface area contributed by atoms with Gasteiger partial charge in [-0.1, -0.05) is 0 Å². The van der Waals surface area contributed by atoms with Gasteiger partial charge in [0.25, 0.3) is 0 Å². The summed E-state index contributed by atoms with van der Waals surface area (Å²) in [5.41, 5.74) is 7.02. The number of hydrogen-bond acceptors (Lipinski definition) is 3. The number of nitrogen functional groups attached to an aromatic ring is 1. The minimum Gasteiger partial charge on any atom is -0.397 e. The standard InChI is InChI=1S/C10H8FN3/c11-9-6-13-4-3-8(9)10-2-1-7(12)5-14-10/h1-6H,12H2. The third-order valence-corrected chi connectivity index (χ3v) is 1.83. The molecule has 2 rings (SSSR count). The highest BCUT2D eigenvalue weighted by atomic mass is 19.1. The van der Waals surface area contributed by atoms with E-state index in [9.17, 15) is 4.39 Å². The second-order valence-corrected chi connectivity index (χ2v) is 2.83. The van der Waals surface area contributed by atoms with Gasteiger partial charge in [-0.2, -0.15) is 0 Å². The summed E-state index contributed by atoms with van der Waals surface area (Å²) in [5.74, 6) is -0.384. The fourth-order valence-corrected chi connectivity index (χ4v) is 1.15. The number of pyridine rings is 2. The molecule has 14 heavy (non-hydrogen) atoms. The van der Waals surface area contributed by atoms with Crippen molar-refractivity contribution in [1.82, 2.24) is 9.97 Å². The first-order valence-corrected chi connectivity index (χ1v) is 4.09. The van der Waals surface area contributed by atoms with Gasteiger partial charge in [0.05, 0.1) is 23.8 Å². The number of halogens is 1. The third kappa shape index (κ3) is 1.54. The maximum Gasteiger partial charge on any atom is 0.150 e. The van der Waals surface area contributed by atoms with E-state index in [1.54, 1.807) is 18.2 Å². The highest BCUT2D eigenvalue weighted by molar-refractivity contribution is 5.60. The second kappa shape index (κ2) is 3.41. The number of rotatable bonds is 1. The molecule has 0 aliphatic heterocycles. The molecule has 0 unspecified atom stereocenters. The molecule has 0 atom stereocenters. The molecular formula is C10H8FN3. The number of nitrogens with two attached hydrogens (primary N) is 1. The van der Waals surface area contributed by atoms with Crippen molar-refractivity contribution in [2.45, 2.75) is 0 Å². The van der Waals surface area contributed by atoms with E-state index >= 15 is 0 Å². The third-order valence-electron chi connectivity index (χ3n) is 1.83. The lowest BCUT2D eigenvalue weighted by Gasteiger charge is -2.01. The number of anilines is 1. The van der Waals surface area contributed by atoms with E-state index in [4.69, 9.17) is 5.73 Å². The summed E-state index contributed by atoms with van der Waals surface area (Å²) in [4.78, 5) is 7.68. The maximum atomic E-state index is 13.2. The van der Waals surface area contributed by atoms with Gasteiger partial charge >= 0.3 is 0 Å². The van der Waals surface area contributed by atoms with Crippen LogP contribution in [0, 0.1) is 5.82 Å². The minimum absolute atomic E-state index is 0.384. The van der Waals surface area contributed by atoms with Gasteiger partial charge in [-0.25, -0.2) is 4.39 Å². The monoisotopic (exact) mass is 189 g/mol. The summed E-state index contributed by atoms with van der Waals surface area (Å²) >= 11 is 0. The SMILES string of the molecule is Nc1ccc(-c2ccncc2F)nc1. The van der Waals surface area contributed by atoms with Crippen LogP contribution in [0.3, 0.4) is 0 Å². The van der Waals surface area contributed by atoms with Crippen molar-refractivity contribution in [3.63, 3.8) is 0 Å². The number of hydrogen-bond donors (Lipinski definition) is 1. The van der Waals surface area contributed by atoms with E-state index in [0.29, 0.717) is 16.9 Å². The van der Waals surface area contributed by atoms with E-state index in [2.05, 4.69) is 9.97 Å². The first-order chi connectivity index (χ1) is 6.77. The molecule has 3 nitrogen and oxygen atoms in total. The van der Waals surface area contributed by atoms with Crippen LogP contribution in [0.25, 0.3) is 11.3 Å². The lowest BCUT2D eigenvalue weighted by molar-refractivity contribution is 0.624. The Bertz CT molecular complexity index is 439. The Morgan fingerprint density at radius 2 is 2.00 bits per heavy atom. The fourth-order valence-electron chi connectivity index (χ4n) is 1.15. The highest BCUT2D eigenvalue weighted by Gasteiger charge is 2.04. The quantitative estimate of drug-likeness (QED) is 0.744. The van der Waals surface area contributed by atoms with Gasteiger partial charge < -0.3 is 5.73 Å². The van der Waals surface area contributed by atoms with Crippen LogP contribution < -0.4 is 5.73 Å². The van der Waals surface area contributed by atoms with E-state index in [1.165, 1.54) is 12.4 Å². The molecule has 0 saturated heterocycles. The minimum atomic E-state index is -0.384. The lowest BCUT2D eigenvalue weighted by atomic mass is 10.1. The van der Waals surface area contributed by atoms with Crippen LogP contribution in [0.5, 0.6) is 0 Å². The zero-order valence-corrected chi connectivity index (χ0v) is 7.31. The summed E-state index contributed by atoms with van der Waals surface area (Å²) in [5, 5.41) is 0. The van der Waals surface area contributed by atoms with Gasteiger partial charge in [0.15, 0.2) is 5.82 Å². The van der Waals surface area contributed by atoms with Crippen molar-refractivity contribution in [2.75, 3.05) is 5.73 Å². The summed E-state index contributed by atoms with van der Waals surface area (Å²) in [6.07, 6.45) is 4.18. The summed E-state index contributed by atoms with van der Waals surface area (Å²) in [6, 6.07) is 4.93. The normalized spacial score (nSPS) is 10.1. The Kier molecular flexibility index (Phi) is 2.10. The predicted molar refractivity (Wildman–Crippen MR) is 51.8 cm³/mol. The lowest BCUT2D eigenvalue weighted by Crippen LogP contribution is -1.90. The molecule has 0 amide bonds. The van der Waals surface area contributed by atoms with Crippen LogP contribution in [-0.2, 0) is 0 Å². The Hall–Kier alpha value is -1.97. The molecule has 0 saturated carbocycles. The van der Waals surface area contributed by atoms with Gasteiger partial charge in [0.2, 0.25) is 0 Å². The zero-order valence-electron chi connectivity index (χ0n) is 7.31. The smallest absolute Gasteiger partial charge is 0.150 e. The molecule has 2 aromatic rings. The topological polar surface area (TPSA) is 51.8 Å². The Morgan fingerprint density at radius 3 is 2.64 bits per heavy atom. The van der Waals surface area contributed by atoms with Crippen molar-refractivity contribution in [1.29, 1.82) is 0 Å². The van der Waals surface area contributed by atoms with Gasteiger partial charge in [0, 0.05) is 11.8 Å². The van der Waals surface area contributed by atoms with Crippen molar-refractivity contribution < 1.29 is 4.39 Å². The molecule has 70 valence electrons. The number of aromatic nitrogens is 2. The van der Waals surface area contributed by atoms with Crippen molar-refractivity contribution in [3.8, 4) is 11.3 Å². The molecule has 0 fully saturated rings. The Labute approximate surface area is 80.4 Å². The molecule has 2 aromatic heterocycles. The average molecular weight is 189 g/mol. The molecule has 0 aliphatic carbocycles. The molecule has 0 bridgehead atoms. The number of nitrogens with zero attached hydrogens (tertiary/aromatic N) is 2. The van der Waals surface area contributed by atoms with E-state index in [-0.39, 0.29) is 5.82 Å². The van der Waals surface area contributed by atoms with Crippen LogP contribution >= 0.6 is 0 Å². The van der Waals surface area contributed by atoms with Crippen LogP contribution in [0.4, 0.5) is 10.1 Å². The van der Waals surface area contributed by atoms with Crippen LogP contribution in [0.1, 0.15) is 0 Å². The van der Waals surface area contributed by atoms with Crippen LogP contribution in [-0.4, -0.2) is 9.97 Å². The second-order valence-electron chi connectivity index (χ2n) is 2.83.